The fraction of sp³-hybridized carbons (Fsp3) is 0.267. The van der Waals surface area contributed by atoms with E-state index in [-0.39, 0.29) is 19.4 Å². The summed E-state index contributed by atoms with van der Waals surface area (Å²) in [5.41, 5.74) is 1.41. The van der Waals surface area contributed by atoms with Crippen molar-refractivity contribution in [2.45, 2.75) is 13.5 Å². The summed E-state index contributed by atoms with van der Waals surface area (Å²) < 4.78 is 15.1. The molecular weight excluding hydrogens is 272 g/mol. The summed E-state index contributed by atoms with van der Waals surface area (Å²) in [6.45, 7) is 1.45. The Morgan fingerprint density at radius 3 is 2.76 bits per heavy atom. The fourth-order valence-electron chi connectivity index (χ4n) is 1.82. The van der Waals surface area contributed by atoms with Crippen molar-refractivity contribution >= 4 is 16.9 Å². The number of rotatable bonds is 5. The maximum Gasteiger partial charge on any atom is 0.303 e. The Bertz CT molecular complexity index is 707. The quantitative estimate of drug-likeness (QED) is 0.618. The molecule has 0 saturated carbocycles. The van der Waals surface area contributed by atoms with Crippen LogP contribution in [0.2, 0.25) is 0 Å². The van der Waals surface area contributed by atoms with Crippen molar-refractivity contribution in [3.8, 4) is 11.8 Å². The molecule has 0 saturated heterocycles. The second-order valence-corrected chi connectivity index (χ2v) is 4.26. The molecule has 0 unspecified atom stereocenters. The lowest BCUT2D eigenvalue weighted by molar-refractivity contribution is -0.142. The number of hydrogen-bond acceptors (Lipinski definition) is 6. The first-order valence-electron chi connectivity index (χ1n) is 6.23. The minimum atomic E-state index is -0.380. The van der Waals surface area contributed by atoms with Gasteiger partial charge in [0.15, 0.2) is 6.79 Å². The number of ether oxygens (including phenoxy) is 3. The first-order chi connectivity index (χ1) is 10.2. The van der Waals surface area contributed by atoms with E-state index in [1.54, 1.807) is 12.1 Å². The summed E-state index contributed by atoms with van der Waals surface area (Å²) in [6.07, 6.45) is 0. The smallest absolute Gasteiger partial charge is 0.303 e. The zero-order chi connectivity index (χ0) is 15.2. The number of carbonyl (C=O) groups is 1. The van der Waals surface area contributed by atoms with Crippen LogP contribution in [-0.4, -0.2) is 24.9 Å². The van der Waals surface area contributed by atoms with E-state index in [1.165, 1.54) is 14.0 Å². The van der Waals surface area contributed by atoms with Gasteiger partial charge in [-0.05, 0) is 18.2 Å². The van der Waals surface area contributed by atoms with Crippen molar-refractivity contribution in [3.05, 3.63) is 35.5 Å². The van der Waals surface area contributed by atoms with Crippen LogP contribution in [0.25, 0.3) is 10.9 Å². The number of methoxy groups -OCH3 is 1. The van der Waals surface area contributed by atoms with Gasteiger partial charge in [0.05, 0.1) is 11.2 Å². The van der Waals surface area contributed by atoms with Crippen molar-refractivity contribution in [2.75, 3.05) is 13.9 Å². The maximum absolute atomic E-state index is 10.8. The maximum atomic E-state index is 10.8. The van der Waals surface area contributed by atoms with Gasteiger partial charge in [0.2, 0.25) is 0 Å². The molecule has 0 aliphatic carbocycles. The Hall–Kier alpha value is -2.65. The number of hydrogen-bond donors (Lipinski definition) is 0. The molecule has 0 radical (unpaired) electrons. The predicted octanol–water partition coefficient (Wildman–Crippen LogP) is 2.15. The summed E-state index contributed by atoms with van der Waals surface area (Å²) in [4.78, 5) is 15.2. The third-order valence-electron chi connectivity index (χ3n) is 2.75. The SMILES string of the molecule is COCOc1ccc2ccc(COC(C)=O)nc2c1C#N. The van der Waals surface area contributed by atoms with E-state index in [1.807, 2.05) is 12.1 Å². The lowest BCUT2D eigenvalue weighted by Gasteiger charge is -2.09. The topological polar surface area (TPSA) is 81.4 Å². The van der Waals surface area contributed by atoms with Gasteiger partial charge in [-0.1, -0.05) is 6.07 Å². The first kappa shape index (κ1) is 14.8. The Balaban J connectivity index is 2.42. The third kappa shape index (κ3) is 3.46. The van der Waals surface area contributed by atoms with Gasteiger partial charge in [0.25, 0.3) is 0 Å². The Morgan fingerprint density at radius 1 is 1.33 bits per heavy atom. The lowest BCUT2D eigenvalue weighted by Crippen LogP contribution is -2.03. The Labute approximate surface area is 121 Å². The average molecular weight is 286 g/mol. The zero-order valence-electron chi connectivity index (χ0n) is 11.8. The van der Waals surface area contributed by atoms with Gasteiger partial charge in [-0.3, -0.25) is 4.79 Å². The van der Waals surface area contributed by atoms with Crippen molar-refractivity contribution in [2.24, 2.45) is 0 Å². The number of nitrogens with zero attached hydrogens (tertiary/aromatic N) is 2. The van der Waals surface area contributed by atoms with Crippen LogP contribution in [0.1, 0.15) is 18.2 Å². The van der Waals surface area contributed by atoms with Crippen LogP contribution < -0.4 is 4.74 Å². The highest BCUT2D eigenvalue weighted by Crippen LogP contribution is 2.26. The molecule has 0 atom stereocenters. The molecule has 108 valence electrons. The van der Waals surface area contributed by atoms with Gasteiger partial charge in [0.1, 0.15) is 24.0 Å². The van der Waals surface area contributed by atoms with Gasteiger partial charge in [0, 0.05) is 19.4 Å². The average Bonchev–Trinajstić information content (AvgIpc) is 2.49. The largest absolute Gasteiger partial charge is 0.466 e. The summed E-state index contributed by atoms with van der Waals surface area (Å²) in [5.74, 6) is 0.0265. The van der Waals surface area contributed by atoms with Crippen LogP contribution >= 0.6 is 0 Å². The number of pyridine rings is 1. The van der Waals surface area contributed by atoms with Gasteiger partial charge >= 0.3 is 5.97 Å². The highest BCUT2D eigenvalue weighted by atomic mass is 16.7. The number of aromatic nitrogens is 1. The molecule has 1 aromatic carbocycles. The number of nitriles is 1. The molecule has 21 heavy (non-hydrogen) atoms. The minimum absolute atomic E-state index is 0.0489. The molecule has 1 aromatic heterocycles. The molecule has 2 aromatic rings. The van der Waals surface area contributed by atoms with Gasteiger partial charge in [-0.25, -0.2) is 4.98 Å². The van der Waals surface area contributed by atoms with E-state index >= 15 is 0 Å². The highest BCUT2D eigenvalue weighted by molar-refractivity contribution is 5.86. The molecule has 6 nitrogen and oxygen atoms in total. The molecule has 0 aliphatic heterocycles. The van der Waals surface area contributed by atoms with Crippen LogP contribution in [0, 0.1) is 11.3 Å². The number of benzene rings is 1. The van der Waals surface area contributed by atoms with Gasteiger partial charge in [-0.2, -0.15) is 5.26 Å². The second-order valence-electron chi connectivity index (χ2n) is 4.26. The van der Waals surface area contributed by atoms with E-state index in [4.69, 9.17) is 14.2 Å². The summed E-state index contributed by atoms with van der Waals surface area (Å²) in [6, 6.07) is 9.17. The minimum Gasteiger partial charge on any atom is -0.466 e. The van der Waals surface area contributed by atoms with E-state index in [0.29, 0.717) is 22.5 Å². The normalized spacial score (nSPS) is 10.1. The molecular formula is C15H14N2O4. The van der Waals surface area contributed by atoms with Crippen molar-refractivity contribution in [1.29, 1.82) is 5.26 Å². The second kappa shape index (κ2) is 6.68. The molecule has 0 spiro atoms. The molecule has 0 bridgehead atoms. The predicted molar refractivity (Wildman–Crippen MR) is 74.4 cm³/mol. The number of esters is 1. The zero-order valence-corrected chi connectivity index (χ0v) is 11.8. The standard InChI is InChI=1S/C15H14N2O4/c1-10(18)20-8-12-5-3-11-4-6-14(21-9-19-2)13(7-16)15(11)17-12/h3-6H,8-9H2,1-2H3. The molecule has 1 heterocycles. The van der Waals surface area contributed by atoms with Crippen LogP contribution in [0.4, 0.5) is 0 Å². The fourth-order valence-corrected chi connectivity index (χ4v) is 1.82. The van der Waals surface area contributed by atoms with Gasteiger partial charge in [-0.15, -0.1) is 0 Å². The molecule has 0 aliphatic rings. The summed E-state index contributed by atoms with van der Waals surface area (Å²) in [5, 5.41) is 10.1. The molecule has 0 N–H and O–H groups in total. The molecule has 2 rings (SSSR count). The molecule has 0 fully saturated rings. The van der Waals surface area contributed by atoms with E-state index < -0.39 is 0 Å². The summed E-state index contributed by atoms with van der Waals surface area (Å²) in [7, 11) is 1.50. The van der Waals surface area contributed by atoms with E-state index in [2.05, 4.69) is 11.1 Å². The van der Waals surface area contributed by atoms with E-state index in [9.17, 15) is 10.1 Å². The first-order valence-corrected chi connectivity index (χ1v) is 6.23. The van der Waals surface area contributed by atoms with Crippen molar-refractivity contribution in [1.82, 2.24) is 4.98 Å². The van der Waals surface area contributed by atoms with Crippen molar-refractivity contribution in [3.63, 3.8) is 0 Å². The molecule has 0 amide bonds. The molecule has 6 heteroatoms. The van der Waals surface area contributed by atoms with Crippen LogP contribution in [0.3, 0.4) is 0 Å². The van der Waals surface area contributed by atoms with E-state index in [0.717, 1.165) is 5.39 Å². The Morgan fingerprint density at radius 2 is 2.10 bits per heavy atom. The van der Waals surface area contributed by atoms with Crippen LogP contribution in [0.15, 0.2) is 24.3 Å². The van der Waals surface area contributed by atoms with Gasteiger partial charge < -0.3 is 14.2 Å². The lowest BCUT2D eigenvalue weighted by atomic mass is 10.1. The Kier molecular flexibility index (Phi) is 4.69. The van der Waals surface area contributed by atoms with Crippen LogP contribution in [-0.2, 0) is 20.9 Å². The monoisotopic (exact) mass is 286 g/mol. The highest BCUT2D eigenvalue weighted by Gasteiger charge is 2.11. The third-order valence-corrected chi connectivity index (χ3v) is 2.75. The van der Waals surface area contributed by atoms with Crippen LogP contribution in [0.5, 0.6) is 5.75 Å². The van der Waals surface area contributed by atoms with Crippen molar-refractivity contribution < 1.29 is 19.0 Å². The number of carbonyl (C=O) groups excluding carboxylic acids is 1. The number of fused-ring (bicyclic) bond motifs is 1. The summed E-state index contributed by atoms with van der Waals surface area (Å²) >= 11 is 0.